The zero-order chi connectivity index (χ0) is 7.11. The molecule has 1 N–H and O–H groups in total. The number of aliphatic hydroxyl groups excluding tert-OH is 1. The van der Waals surface area contributed by atoms with Gasteiger partial charge in [-0.05, 0) is 13.3 Å². The first-order valence-electron chi connectivity index (χ1n) is 3.38. The highest BCUT2D eigenvalue weighted by Gasteiger charge is 1.93. The van der Waals surface area contributed by atoms with Crippen molar-refractivity contribution in [3.8, 4) is 0 Å². The lowest BCUT2D eigenvalue weighted by Gasteiger charge is -2.03. The van der Waals surface area contributed by atoms with Crippen LogP contribution in [0.2, 0.25) is 0 Å². The summed E-state index contributed by atoms with van der Waals surface area (Å²) in [5.41, 5.74) is 0. The van der Waals surface area contributed by atoms with Crippen molar-refractivity contribution in [2.24, 2.45) is 0 Å². The van der Waals surface area contributed by atoms with Crippen molar-refractivity contribution in [3.05, 3.63) is 6.61 Å². The molecule has 0 fully saturated rings. The highest BCUT2D eigenvalue weighted by atomic mass is 16.5. The minimum Gasteiger partial charge on any atom is -0.391 e. The maximum absolute atomic E-state index is 8.71. The summed E-state index contributed by atoms with van der Waals surface area (Å²) in [6.45, 7) is 5.95. The third-order valence-corrected chi connectivity index (χ3v) is 0.862. The average molecular weight is 131 g/mol. The van der Waals surface area contributed by atoms with Gasteiger partial charge >= 0.3 is 0 Å². The van der Waals surface area contributed by atoms with E-state index in [-0.39, 0.29) is 6.10 Å². The summed E-state index contributed by atoms with van der Waals surface area (Å²) in [4.78, 5) is 0. The highest BCUT2D eigenvalue weighted by Crippen LogP contribution is 1.94. The Kier molecular flexibility index (Phi) is 5.99. The van der Waals surface area contributed by atoms with E-state index in [1.165, 1.54) is 0 Å². The van der Waals surface area contributed by atoms with E-state index in [9.17, 15) is 0 Å². The Bertz CT molecular complexity index is 52.9. The molecule has 1 unspecified atom stereocenters. The summed E-state index contributed by atoms with van der Waals surface area (Å²) in [5, 5.41) is 8.71. The Morgan fingerprint density at radius 2 is 2.33 bits per heavy atom. The summed E-state index contributed by atoms with van der Waals surface area (Å²) < 4.78 is 4.96. The van der Waals surface area contributed by atoms with Crippen LogP contribution in [0, 0.1) is 6.61 Å². The Hall–Kier alpha value is -0.0800. The molecule has 0 aliphatic carbocycles. The number of hydrogen-bond donors (Lipinski definition) is 1. The minimum atomic E-state index is -0.349. The molecule has 0 amide bonds. The molecule has 1 radical (unpaired) electrons. The third kappa shape index (κ3) is 7.92. The SMILES string of the molecule is CCC[CH]OCC(C)O. The molecule has 0 aromatic carbocycles. The fraction of sp³-hybridized carbons (Fsp3) is 0.857. The van der Waals surface area contributed by atoms with Gasteiger partial charge in [-0.1, -0.05) is 13.3 Å². The van der Waals surface area contributed by atoms with Crippen LogP contribution in [-0.4, -0.2) is 17.8 Å². The quantitative estimate of drug-likeness (QED) is 0.570. The van der Waals surface area contributed by atoms with Gasteiger partial charge in [-0.3, -0.25) is 0 Å². The van der Waals surface area contributed by atoms with Gasteiger partial charge in [-0.15, -0.1) is 0 Å². The van der Waals surface area contributed by atoms with Gasteiger partial charge in [0.2, 0.25) is 0 Å². The molecule has 0 bridgehead atoms. The summed E-state index contributed by atoms with van der Waals surface area (Å²) in [6, 6.07) is 0. The van der Waals surface area contributed by atoms with E-state index >= 15 is 0 Å². The minimum absolute atomic E-state index is 0.349. The van der Waals surface area contributed by atoms with E-state index in [0.717, 1.165) is 12.8 Å². The normalized spacial score (nSPS) is 13.7. The lowest BCUT2D eigenvalue weighted by Crippen LogP contribution is -2.08. The maximum atomic E-state index is 8.71. The molecule has 2 nitrogen and oxygen atoms in total. The van der Waals surface area contributed by atoms with Crippen LogP contribution in [0.1, 0.15) is 26.7 Å². The van der Waals surface area contributed by atoms with Crippen molar-refractivity contribution in [2.45, 2.75) is 32.8 Å². The van der Waals surface area contributed by atoms with Gasteiger partial charge in [0.05, 0.1) is 19.3 Å². The van der Waals surface area contributed by atoms with Gasteiger partial charge < -0.3 is 9.84 Å². The summed E-state index contributed by atoms with van der Waals surface area (Å²) in [5.74, 6) is 0. The van der Waals surface area contributed by atoms with Crippen LogP contribution in [0.3, 0.4) is 0 Å². The number of hydrogen-bond acceptors (Lipinski definition) is 2. The molecule has 0 aromatic heterocycles. The molecule has 0 aliphatic heterocycles. The molecule has 0 saturated heterocycles. The smallest absolute Gasteiger partial charge is 0.0837 e. The van der Waals surface area contributed by atoms with Gasteiger partial charge in [0.1, 0.15) is 0 Å². The number of rotatable bonds is 5. The Balaban J connectivity index is 2.75. The molecular formula is C7H15O2. The van der Waals surface area contributed by atoms with Gasteiger partial charge in [0.15, 0.2) is 0 Å². The fourth-order valence-corrected chi connectivity index (χ4v) is 0.408. The molecule has 0 aromatic rings. The summed E-state index contributed by atoms with van der Waals surface area (Å²) in [6.07, 6.45) is 1.71. The second-order valence-electron chi connectivity index (χ2n) is 2.14. The average Bonchev–Trinajstić information content (AvgIpc) is 1.80. The molecule has 2 heteroatoms. The topological polar surface area (TPSA) is 29.5 Å². The van der Waals surface area contributed by atoms with Crippen LogP contribution in [0.15, 0.2) is 0 Å². The Labute approximate surface area is 56.8 Å². The van der Waals surface area contributed by atoms with E-state index in [4.69, 9.17) is 9.84 Å². The zero-order valence-corrected chi connectivity index (χ0v) is 6.13. The van der Waals surface area contributed by atoms with Gasteiger partial charge in [-0.2, -0.15) is 0 Å². The van der Waals surface area contributed by atoms with Gasteiger partial charge in [0, 0.05) is 0 Å². The fourth-order valence-electron chi connectivity index (χ4n) is 0.408. The van der Waals surface area contributed by atoms with E-state index in [0.29, 0.717) is 6.61 Å². The summed E-state index contributed by atoms with van der Waals surface area (Å²) in [7, 11) is 0. The lowest BCUT2D eigenvalue weighted by atomic mass is 10.4. The van der Waals surface area contributed by atoms with Crippen LogP contribution in [0.4, 0.5) is 0 Å². The van der Waals surface area contributed by atoms with Crippen LogP contribution in [0.25, 0.3) is 0 Å². The predicted octanol–water partition coefficient (Wildman–Crippen LogP) is 1.35. The molecule has 55 valence electrons. The predicted molar refractivity (Wildman–Crippen MR) is 36.8 cm³/mol. The van der Waals surface area contributed by atoms with E-state index < -0.39 is 0 Å². The number of ether oxygens (including phenoxy) is 1. The molecule has 0 aliphatic rings. The van der Waals surface area contributed by atoms with Crippen LogP contribution < -0.4 is 0 Å². The van der Waals surface area contributed by atoms with Crippen molar-refractivity contribution in [1.82, 2.24) is 0 Å². The second-order valence-corrected chi connectivity index (χ2v) is 2.14. The van der Waals surface area contributed by atoms with Crippen molar-refractivity contribution in [1.29, 1.82) is 0 Å². The Morgan fingerprint density at radius 1 is 1.67 bits per heavy atom. The van der Waals surface area contributed by atoms with Gasteiger partial charge in [0.25, 0.3) is 0 Å². The Morgan fingerprint density at radius 3 is 2.78 bits per heavy atom. The van der Waals surface area contributed by atoms with Crippen molar-refractivity contribution >= 4 is 0 Å². The molecule has 9 heavy (non-hydrogen) atoms. The molecule has 0 spiro atoms. The van der Waals surface area contributed by atoms with Crippen LogP contribution in [0.5, 0.6) is 0 Å². The van der Waals surface area contributed by atoms with E-state index in [1.807, 2.05) is 0 Å². The van der Waals surface area contributed by atoms with E-state index in [2.05, 4.69) is 6.92 Å². The van der Waals surface area contributed by atoms with Crippen LogP contribution in [-0.2, 0) is 4.74 Å². The molecule has 0 rings (SSSR count). The molecule has 1 atom stereocenters. The maximum Gasteiger partial charge on any atom is 0.0837 e. The van der Waals surface area contributed by atoms with Crippen molar-refractivity contribution < 1.29 is 9.84 Å². The largest absolute Gasteiger partial charge is 0.391 e. The first-order chi connectivity index (χ1) is 4.27. The standard InChI is InChI=1S/C7H15O2/c1-3-4-5-9-6-7(2)8/h5,7-8H,3-4,6H2,1-2H3. The molecule has 0 heterocycles. The highest BCUT2D eigenvalue weighted by molar-refractivity contribution is 4.50. The first-order valence-corrected chi connectivity index (χ1v) is 3.38. The molecule has 0 saturated carbocycles. The zero-order valence-electron chi connectivity index (χ0n) is 6.13. The monoisotopic (exact) mass is 131 g/mol. The first kappa shape index (κ1) is 8.92. The van der Waals surface area contributed by atoms with Gasteiger partial charge in [-0.25, -0.2) is 0 Å². The third-order valence-electron chi connectivity index (χ3n) is 0.862. The van der Waals surface area contributed by atoms with Crippen LogP contribution >= 0.6 is 0 Å². The lowest BCUT2D eigenvalue weighted by molar-refractivity contribution is 0.0752. The number of aliphatic hydroxyl groups is 1. The van der Waals surface area contributed by atoms with E-state index in [1.54, 1.807) is 13.5 Å². The van der Waals surface area contributed by atoms with Crippen molar-refractivity contribution in [2.75, 3.05) is 6.61 Å². The number of unbranched alkanes of at least 4 members (excludes halogenated alkanes) is 1. The second kappa shape index (κ2) is 6.05. The summed E-state index contributed by atoms with van der Waals surface area (Å²) >= 11 is 0. The van der Waals surface area contributed by atoms with Crippen molar-refractivity contribution in [3.63, 3.8) is 0 Å². The molecular weight excluding hydrogens is 116 g/mol.